The molecule has 18 heavy (non-hydrogen) atoms. The first kappa shape index (κ1) is 15.0. The van der Waals surface area contributed by atoms with Gasteiger partial charge in [-0.25, -0.2) is 0 Å². The Morgan fingerprint density at radius 3 is 2.50 bits per heavy atom. The molecule has 1 unspecified atom stereocenters. The van der Waals surface area contributed by atoms with Gasteiger partial charge in [0.05, 0.1) is 12.0 Å². The average Bonchev–Trinajstić information content (AvgIpc) is 2.24. The lowest BCUT2D eigenvalue weighted by atomic mass is 9.82. The van der Waals surface area contributed by atoms with E-state index in [1.165, 1.54) is 0 Å². The molecule has 5 nitrogen and oxygen atoms in total. The number of carbonyl (C=O) groups excluding carboxylic acids is 2. The molecule has 0 aromatic heterocycles. The molecule has 1 aliphatic heterocycles. The highest BCUT2D eigenvalue weighted by Gasteiger charge is 2.34. The first-order valence-corrected chi connectivity index (χ1v) is 6.53. The fourth-order valence-electron chi connectivity index (χ4n) is 2.09. The fraction of sp³-hybridized carbons (Fsp3) is 0.846. The molecule has 0 aromatic rings. The van der Waals surface area contributed by atoms with Crippen LogP contribution in [0.25, 0.3) is 0 Å². The van der Waals surface area contributed by atoms with Crippen molar-refractivity contribution in [3.8, 4) is 0 Å². The van der Waals surface area contributed by atoms with Gasteiger partial charge in [-0.3, -0.25) is 9.59 Å². The largest absolute Gasteiger partial charge is 0.350 e. The van der Waals surface area contributed by atoms with Crippen LogP contribution < -0.4 is 16.0 Å². The molecule has 0 saturated carbocycles. The van der Waals surface area contributed by atoms with E-state index in [0.29, 0.717) is 6.54 Å². The minimum atomic E-state index is -0.389. The molecule has 1 atom stereocenters. The minimum Gasteiger partial charge on any atom is -0.350 e. The highest BCUT2D eigenvalue weighted by atomic mass is 16.2. The third kappa shape index (κ3) is 4.64. The van der Waals surface area contributed by atoms with E-state index in [1.807, 2.05) is 27.7 Å². The second-order valence-corrected chi connectivity index (χ2v) is 6.32. The maximum atomic E-state index is 12.1. The summed E-state index contributed by atoms with van der Waals surface area (Å²) in [4.78, 5) is 23.7. The van der Waals surface area contributed by atoms with Crippen LogP contribution in [0.5, 0.6) is 0 Å². The molecule has 1 heterocycles. The van der Waals surface area contributed by atoms with Gasteiger partial charge in [-0.1, -0.05) is 0 Å². The second-order valence-electron chi connectivity index (χ2n) is 6.32. The minimum absolute atomic E-state index is 0.0428. The van der Waals surface area contributed by atoms with Gasteiger partial charge in [-0.15, -0.1) is 0 Å². The number of piperidine rings is 1. The molecule has 2 amide bonds. The molecule has 104 valence electrons. The van der Waals surface area contributed by atoms with Crippen LogP contribution >= 0.6 is 0 Å². The molecule has 0 aromatic carbocycles. The zero-order valence-electron chi connectivity index (χ0n) is 11.9. The Bertz CT molecular complexity index is 315. The molecule has 3 N–H and O–H groups in total. The van der Waals surface area contributed by atoms with Gasteiger partial charge in [-0.2, -0.15) is 0 Å². The number of hydrogen-bond acceptors (Lipinski definition) is 3. The maximum Gasteiger partial charge on any atom is 0.239 e. The van der Waals surface area contributed by atoms with E-state index in [-0.39, 0.29) is 29.3 Å². The summed E-state index contributed by atoms with van der Waals surface area (Å²) < 4.78 is 0. The molecule has 1 aliphatic rings. The first-order valence-electron chi connectivity index (χ1n) is 6.53. The number of nitrogens with one attached hydrogen (secondary N) is 3. The third-order valence-corrected chi connectivity index (χ3v) is 3.07. The first-order chi connectivity index (χ1) is 8.23. The summed E-state index contributed by atoms with van der Waals surface area (Å²) in [5.41, 5.74) is -0.654. The zero-order valence-corrected chi connectivity index (χ0v) is 11.9. The van der Waals surface area contributed by atoms with Gasteiger partial charge in [0.25, 0.3) is 0 Å². The quantitative estimate of drug-likeness (QED) is 0.684. The van der Waals surface area contributed by atoms with Crippen LogP contribution in [0.15, 0.2) is 0 Å². The number of carbonyl (C=O) groups is 2. The molecular weight excluding hydrogens is 230 g/mol. The number of hydrogen-bond donors (Lipinski definition) is 3. The van der Waals surface area contributed by atoms with Gasteiger partial charge in [0.1, 0.15) is 0 Å². The van der Waals surface area contributed by atoms with Crippen molar-refractivity contribution in [2.75, 3.05) is 19.6 Å². The van der Waals surface area contributed by atoms with Crippen LogP contribution in [0.3, 0.4) is 0 Å². The fourth-order valence-corrected chi connectivity index (χ4v) is 2.09. The van der Waals surface area contributed by atoms with Gasteiger partial charge >= 0.3 is 0 Å². The second kappa shape index (κ2) is 5.69. The molecule has 0 aliphatic carbocycles. The van der Waals surface area contributed by atoms with Gasteiger partial charge in [-0.05, 0) is 47.1 Å². The lowest BCUT2D eigenvalue weighted by molar-refractivity contribution is -0.133. The van der Waals surface area contributed by atoms with E-state index in [0.717, 1.165) is 19.4 Å². The molecule has 1 saturated heterocycles. The molecule has 1 rings (SSSR count). The van der Waals surface area contributed by atoms with Crippen molar-refractivity contribution in [1.29, 1.82) is 0 Å². The summed E-state index contributed by atoms with van der Waals surface area (Å²) in [5.74, 6) is -0.193. The number of amides is 2. The van der Waals surface area contributed by atoms with Gasteiger partial charge in [0.2, 0.25) is 11.8 Å². The maximum absolute atomic E-state index is 12.1. The Morgan fingerprint density at radius 1 is 1.33 bits per heavy atom. The Balaban J connectivity index is 2.39. The molecule has 0 bridgehead atoms. The lowest BCUT2D eigenvalue weighted by Gasteiger charge is -2.32. The summed E-state index contributed by atoms with van der Waals surface area (Å²) in [5, 5.41) is 8.77. The van der Waals surface area contributed by atoms with Crippen molar-refractivity contribution in [3.05, 3.63) is 0 Å². The molecule has 1 fully saturated rings. The summed E-state index contributed by atoms with van der Waals surface area (Å²) in [6, 6.07) is 0. The Labute approximate surface area is 109 Å². The van der Waals surface area contributed by atoms with E-state index in [4.69, 9.17) is 0 Å². The summed E-state index contributed by atoms with van der Waals surface area (Å²) >= 11 is 0. The van der Waals surface area contributed by atoms with Crippen LogP contribution in [0.1, 0.15) is 40.5 Å². The highest BCUT2D eigenvalue weighted by molar-refractivity contribution is 5.88. The SMILES string of the molecule is CC(C)(C)NC(=O)CNC(=O)C1(C)CCCNC1. The van der Waals surface area contributed by atoms with E-state index in [9.17, 15) is 9.59 Å². The molecule has 0 radical (unpaired) electrons. The van der Waals surface area contributed by atoms with Gasteiger partial charge in [0.15, 0.2) is 0 Å². The van der Waals surface area contributed by atoms with Crippen molar-refractivity contribution >= 4 is 11.8 Å². The van der Waals surface area contributed by atoms with Crippen molar-refractivity contribution in [1.82, 2.24) is 16.0 Å². The average molecular weight is 255 g/mol. The molecule has 5 heteroatoms. The smallest absolute Gasteiger partial charge is 0.239 e. The molecular formula is C13H25N3O2. The Kier molecular flexibility index (Phi) is 4.73. The van der Waals surface area contributed by atoms with Crippen molar-refractivity contribution in [2.24, 2.45) is 5.41 Å². The van der Waals surface area contributed by atoms with Crippen molar-refractivity contribution in [3.63, 3.8) is 0 Å². The highest BCUT2D eigenvalue weighted by Crippen LogP contribution is 2.25. The van der Waals surface area contributed by atoms with Crippen LogP contribution in [0.2, 0.25) is 0 Å². The van der Waals surface area contributed by atoms with Crippen LogP contribution in [-0.4, -0.2) is 37.0 Å². The van der Waals surface area contributed by atoms with Crippen molar-refractivity contribution < 1.29 is 9.59 Å². The normalized spacial score (nSPS) is 24.4. The van der Waals surface area contributed by atoms with Gasteiger partial charge < -0.3 is 16.0 Å². The third-order valence-electron chi connectivity index (χ3n) is 3.07. The Hall–Kier alpha value is -1.10. The predicted octanol–water partition coefficient (Wildman–Crippen LogP) is 0.407. The topological polar surface area (TPSA) is 70.2 Å². The van der Waals surface area contributed by atoms with E-state index in [2.05, 4.69) is 16.0 Å². The lowest BCUT2D eigenvalue weighted by Crippen LogP contribution is -2.52. The summed E-state index contributed by atoms with van der Waals surface area (Å²) in [6.45, 7) is 9.38. The van der Waals surface area contributed by atoms with Crippen LogP contribution in [-0.2, 0) is 9.59 Å². The van der Waals surface area contributed by atoms with E-state index in [1.54, 1.807) is 0 Å². The Morgan fingerprint density at radius 2 is 2.00 bits per heavy atom. The van der Waals surface area contributed by atoms with E-state index < -0.39 is 0 Å². The predicted molar refractivity (Wildman–Crippen MR) is 71.1 cm³/mol. The van der Waals surface area contributed by atoms with E-state index >= 15 is 0 Å². The van der Waals surface area contributed by atoms with Gasteiger partial charge in [0, 0.05) is 12.1 Å². The zero-order chi connectivity index (χ0) is 13.8. The summed E-state index contributed by atoms with van der Waals surface area (Å²) in [6.07, 6.45) is 1.87. The number of rotatable bonds is 3. The van der Waals surface area contributed by atoms with Crippen molar-refractivity contribution in [2.45, 2.75) is 46.1 Å². The standard InChI is InChI=1S/C13H25N3O2/c1-12(2,3)16-10(17)8-15-11(18)13(4)6-5-7-14-9-13/h14H,5-9H2,1-4H3,(H,15,18)(H,16,17). The molecule has 0 spiro atoms. The van der Waals surface area contributed by atoms with Crippen LogP contribution in [0.4, 0.5) is 0 Å². The monoisotopic (exact) mass is 255 g/mol. The summed E-state index contributed by atoms with van der Waals surface area (Å²) in [7, 11) is 0. The van der Waals surface area contributed by atoms with Crippen LogP contribution in [0, 0.1) is 5.41 Å².